The van der Waals surface area contributed by atoms with Crippen molar-refractivity contribution in [3.63, 3.8) is 0 Å². The Kier molecular flexibility index (Phi) is 7.47. The van der Waals surface area contributed by atoms with Crippen molar-refractivity contribution < 1.29 is 17.9 Å². The molecule has 2 aromatic carbocycles. The van der Waals surface area contributed by atoms with Crippen LogP contribution in [0.25, 0.3) is 0 Å². The van der Waals surface area contributed by atoms with Crippen molar-refractivity contribution >= 4 is 21.6 Å². The number of nitrogens with zero attached hydrogens (tertiary/aromatic N) is 2. The van der Waals surface area contributed by atoms with E-state index in [1.54, 1.807) is 42.5 Å². The van der Waals surface area contributed by atoms with Crippen molar-refractivity contribution in [3.8, 4) is 0 Å². The SMILES string of the molecule is Cc1cc(C)cc(N(CC(=O)NCCN2CCOCC2)S(=O)(=O)c2ccccc2)c1. The molecule has 1 saturated heterocycles. The number of aryl methyl sites for hydroxylation is 2. The summed E-state index contributed by atoms with van der Waals surface area (Å²) in [5.41, 5.74) is 2.36. The Labute approximate surface area is 178 Å². The number of amides is 1. The molecule has 0 bridgehead atoms. The summed E-state index contributed by atoms with van der Waals surface area (Å²) in [6, 6.07) is 13.7. The minimum Gasteiger partial charge on any atom is -0.379 e. The molecule has 8 heteroatoms. The molecule has 0 spiro atoms. The fourth-order valence-electron chi connectivity index (χ4n) is 3.49. The lowest BCUT2D eigenvalue weighted by molar-refractivity contribution is -0.119. The lowest BCUT2D eigenvalue weighted by atomic mass is 10.1. The quantitative estimate of drug-likeness (QED) is 0.691. The second-order valence-electron chi connectivity index (χ2n) is 7.47. The highest BCUT2D eigenvalue weighted by molar-refractivity contribution is 7.92. The van der Waals surface area contributed by atoms with Crippen LogP contribution >= 0.6 is 0 Å². The molecule has 1 aliphatic heterocycles. The highest BCUT2D eigenvalue weighted by Crippen LogP contribution is 2.25. The first-order valence-corrected chi connectivity index (χ1v) is 11.5. The smallest absolute Gasteiger partial charge is 0.264 e. The average Bonchev–Trinajstić information content (AvgIpc) is 2.72. The zero-order valence-electron chi connectivity index (χ0n) is 17.5. The van der Waals surface area contributed by atoms with Gasteiger partial charge >= 0.3 is 0 Å². The summed E-state index contributed by atoms with van der Waals surface area (Å²) in [5, 5.41) is 2.86. The van der Waals surface area contributed by atoms with Crippen LogP contribution in [-0.2, 0) is 19.6 Å². The molecule has 0 atom stereocenters. The van der Waals surface area contributed by atoms with Gasteiger partial charge in [0.25, 0.3) is 10.0 Å². The van der Waals surface area contributed by atoms with Crippen LogP contribution in [0.3, 0.4) is 0 Å². The number of hydrogen-bond acceptors (Lipinski definition) is 5. The van der Waals surface area contributed by atoms with E-state index in [4.69, 9.17) is 4.74 Å². The number of ether oxygens (including phenoxy) is 1. The molecule has 0 radical (unpaired) electrons. The fraction of sp³-hybridized carbons (Fsp3) is 0.409. The van der Waals surface area contributed by atoms with Crippen molar-refractivity contribution in [2.75, 3.05) is 50.2 Å². The van der Waals surface area contributed by atoms with E-state index in [9.17, 15) is 13.2 Å². The average molecular weight is 432 g/mol. The van der Waals surface area contributed by atoms with Gasteiger partial charge in [-0.3, -0.25) is 14.0 Å². The van der Waals surface area contributed by atoms with Gasteiger partial charge < -0.3 is 10.1 Å². The molecule has 162 valence electrons. The molecule has 0 saturated carbocycles. The number of benzene rings is 2. The lowest BCUT2D eigenvalue weighted by Crippen LogP contribution is -2.44. The van der Waals surface area contributed by atoms with Crippen LogP contribution in [-0.4, -0.2) is 65.2 Å². The summed E-state index contributed by atoms with van der Waals surface area (Å²) in [6.07, 6.45) is 0. The number of morpholine rings is 1. The molecule has 3 rings (SSSR count). The summed E-state index contributed by atoms with van der Waals surface area (Å²) in [7, 11) is -3.88. The van der Waals surface area contributed by atoms with Crippen LogP contribution in [0.15, 0.2) is 53.4 Å². The zero-order valence-corrected chi connectivity index (χ0v) is 18.3. The van der Waals surface area contributed by atoms with E-state index in [1.807, 2.05) is 19.9 Å². The Morgan fingerprint density at radius 1 is 1.07 bits per heavy atom. The third-order valence-electron chi connectivity index (χ3n) is 4.97. The van der Waals surface area contributed by atoms with Crippen molar-refractivity contribution in [2.45, 2.75) is 18.7 Å². The maximum Gasteiger partial charge on any atom is 0.264 e. The molecule has 1 aliphatic rings. The van der Waals surface area contributed by atoms with Gasteiger partial charge in [0, 0.05) is 26.2 Å². The van der Waals surface area contributed by atoms with Gasteiger partial charge in [0.05, 0.1) is 23.8 Å². The zero-order chi connectivity index (χ0) is 21.6. The van der Waals surface area contributed by atoms with Gasteiger partial charge in [-0.25, -0.2) is 8.42 Å². The molecule has 1 heterocycles. The fourth-order valence-corrected chi connectivity index (χ4v) is 4.92. The van der Waals surface area contributed by atoms with Crippen LogP contribution in [0.5, 0.6) is 0 Å². The topological polar surface area (TPSA) is 79.0 Å². The lowest BCUT2D eigenvalue weighted by Gasteiger charge is -2.27. The molecule has 1 N–H and O–H groups in total. The molecular weight excluding hydrogens is 402 g/mol. The Bertz CT molecular complexity index is 937. The minimum atomic E-state index is -3.88. The number of nitrogens with one attached hydrogen (secondary N) is 1. The number of rotatable bonds is 8. The monoisotopic (exact) mass is 431 g/mol. The molecular formula is C22H29N3O4S. The maximum absolute atomic E-state index is 13.3. The first-order valence-electron chi connectivity index (χ1n) is 10.1. The largest absolute Gasteiger partial charge is 0.379 e. The number of anilines is 1. The van der Waals surface area contributed by atoms with Crippen molar-refractivity contribution in [1.82, 2.24) is 10.2 Å². The van der Waals surface area contributed by atoms with E-state index in [2.05, 4.69) is 10.2 Å². The molecule has 2 aromatic rings. The molecule has 1 fully saturated rings. The van der Waals surface area contributed by atoms with E-state index in [0.29, 0.717) is 32.0 Å². The summed E-state index contributed by atoms with van der Waals surface area (Å²) in [4.78, 5) is 15.0. The van der Waals surface area contributed by atoms with Crippen LogP contribution < -0.4 is 9.62 Å². The first kappa shape index (κ1) is 22.3. The molecule has 7 nitrogen and oxygen atoms in total. The van der Waals surface area contributed by atoms with E-state index < -0.39 is 10.0 Å². The van der Waals surface area contributed by atoms with Crippen LogP contribution in [0.1, 0.15) is 11.1 Å². The molecule has 0 aromatic heterocycles. The van der Waals surface area contributed by atoms with E-state index >= 15 is 0 Å². The third kappa shape index (κ3) is 5.81. The van der Waals surface area contributed by atoms with Crippen molar-refractivity contribution in [2.24, 2.45) is 0 Å². The summed E-state index contributed by atoms with van der Waals surface area (Å²) < 4.78 is 33.2. The van der Waals surface area contributed by atoms with Crippen LogP contribution in [0, 0.1) is 13.8 Å². The normalized spacial score (nSPS) is 15.0. The second kappa shape index (κ2) is 10.1. The number of sulfonamides is 1. The maximum atomic E-state index is 13.3. The van der Waals surface area contributed by atoms with Crippen LogP contribution in [0.4, 0.5) is 5.69 Å². The summed E-state index contributed by atoms with van der Waals surface area (Å²) in [6.45, 7) is 7.80. The minimum absolute atomic E-state index is 0.158. The number of carbonyl (C=O) groups excluding carboxylic acids is 1. The van der Waals surface area contributed by atoms with Gasteiger partial charge in [-0.2, -0.15) is 0 Å². The number of hydrogen-bond donors (Lipinski definition) is 1. The Balaban J connectivity index is 1.76. The number of carbonyl (C=O) groups is 1. The van der Waals surface area contributed by atoms with Gasteiger partial charge in [0.2, 0.25) is 5.91 Å². The Morgan fingerprint density at radius 2 is 1.70 bits per heavy atom. The van der Waals surface area contributed by atoms with Crippen LogP contribution in [0.2, 0.25) is 0 Å². The van der Waals surface area contributed by atoms with Gasteiger partial charge in [0.15, 0.2) is 0 Å². The summed E-state index contributed by atoms with van der Waals surface area (Å²) in [5.74, 6) is -0.332. The molecule has 30 heavy (non-hydrogen) atoms. The van der Waals surface area contributed by atoms with Gasteiger partial charge in [-0.05, 0) is 49.2 Å². The van der Waals surface area contributed by atoms with Crippen molar-refractivity contribution in [1.29, 1.82) is 0 Å². The molecule has 1 amide bonds. The van der Waals surface area contributed by atoms with E-state index in [0.717, 1.165) is 24.2 Å². The highest BCUT2D eigenvalue weighted by Gasteiger charge is 2.27. The van der Waals surface area contributed by atoms with Gasteiger partial charge in [-0.15, -0.1) is 0 Å². The standard InChI is InChI=1S/C22H29N3O4S/c1-18-14-19(2)16-20(15-18)25(30(27,28)21-6-4-3-5-7-21)17-22(26)23-8-9-24-10-12-29-13-11-24/h3-7,14-16H,8-13,17H2,1-2H3,(H,23,26). The predicted molar refractivity (Wildman–Crippen MR) is 117 cm³/mol. The molecule has 0 aliphatic carbocycles. The van der Waals surface area contributed by atoms with Gasteiger partial charge in [-0.1, -0.05) is 24.3 Å². The second-order valence-corrected chi connectivity index (χ2v) is 9.34. The first-order chi connectivity index (χ1) is 14.4. The Morgan fingerprint density at radius 3 is 2.33 bits per heavy atom. The predicted octanol–water partition coefficient (Wildman–Crippen LogP) is 1.95. The van der Waals surface area contributed by atoms with E-state index in [-0.39, 0.29) is 17.3 Å². The highest BCUT2D eigenvalue weighted by atomic mass is 32.2. The van der Waals surface area contributed by atoms with Gasteiger partial charge in [0.1, 0.15) is 6.54 Å². The van der Waals surface area contributed by atoms with E-state index in [1.165, 1.54) is 4.31 Å². The van der Waals surface area contributed by atoms with Crippen molar-refractivity contribution in [3.05, 3.63) is 59.7 Å². The molecule has 0 unspecified atom stereocenters. The third-order valence-corrected chi connectivity index (χ3v) is 6.75. The summed E-state index contributed by atoms with van der Waals surface area (Å²) >= 11 is 0. The Hall–Kier alpha value is -2.42.